The molecule has 3 saturated carbocycles. The zero-order chi connectivity index (χ0) is 27.1. The molecule has 9 atom stereocenters. The Balaban J connectivity index is 1.66. The highest BCUT2D eigenvalue weighted by atomic mass is 16.5. The molecule has 4 aliphatic rings. The summed E-state index contributed by atoms with van der Waals surface area (Å²) < 4.78 is 5.41. The standard InChI is InChI=1S/C31H52O5/c1-18(16-22(33)26(35)28(4,5)36-9)19-10-14-30(7)20(19)17-21(32)25-29(6)13-12-24(34)27(2,3)23(29)11-15-31(25,30)8/h18,21-23,25-26,32-33,35H,10-17H2,1-9H3/t18-,21?,22+,23?,25?,26-,29+,30+,31+/m1/s1. The number of rotatable bonds is 6. The molecule has 0 aromatic rings. The monoisotopic (exact) mass is 504 g/mol. The average Bonchev–Trinajstić information content (AvgIpc) is 3.13. The molecule has 0 radical (unpaired) electrons. The van der Waals surface area contributed by atoms with Gasteiger partial charge in [-0.05, 0) is 92.8 Å². The van der Waals surface area contributed by atoms with Crippen molar-refractivity contribution in [2.75, 3.05) is 7.11 Å². The summed E-state index contributed by atoms with van der Waals surface area (Å²) in [5.74, 6) is 1.01. The van der Waals surface area contributed by atoms with Crippen LogP contribution in [0.15, 0.2) is 11.1 Å². The molecule has 4 rings (SSSR count). The number of carbonyl (C=O) groups is 1. The number of aliphatic hydroxyl groups is 3. The number of aliphatic hydroxyl groups excluding tert-OH is 3. The summed E-state index contributed by atoms with van der Waals surface area (Å²) in [4.78, 5) is 12.9. The van der Waals surface area contributed by atoms with E-state index in [-0.39, 0.29) is 33.5 Å². The third-order valence-electron chi connectivity index (χ3n) is 12.4. The summed E-state index contributed by atoms with van der Waals surface area (Å²) >= 11 is 0. The van der Waals surface area contributed by atoms with Crippen LogP contribution in [0.3, 0.4) is 0 Å². The van der Waals surface area contributed by atoms with E-state index >= 15 is 0 Å². The Kier molecular flexibility index (Phi) is 6.98. The Hall–Kier alpha value is -0.750. The molecule has 0 heterocycles. The van der Waals surface area contributed by atoms with Gasteiger partial charge in [0, 0.05) is 18.9 Å². The number of methoxy groups -OCH3 is 1. The second-order valence-corrected chi connectivity index (χ2v) is 14.7. The van der Waals surface area contributed by atoms with E-state index in [4.69, 9.17) is 4.74 Å². The van der Waals surface area contributed by atoms with Gasteiger partial charge in [-0.3, -0.25) is 4.79 Å². The fourth-order valence-corrected chi connectivity index (χ4v) is 9.89. The van der Waals surface area contributed by atoms with Crippen LogP contribution in [0.4, 0.5) is 0 Å². The van der Waals surface area contributed by atoms with Crippen molar-refractivity contribution < 1.29 is 24.9 Å². The van der Waals surface area contributed by atoms with Crippen LogP contribution in [0.1, 0.15) is 107 Å². The molecule has 36 heavy (non-hydrogen) atoms. The molecule has 0 amide bonds. The van der Waals surface area contributed by atoms with Gasteiger partial charge in [0.2, 0.25) is 0 Å². The van der Waals surface area contributed by atoms with Gasteiger partial charge in [0.15, 0.2) is 0 Å². The molecule has 3 fully saturated rings. The Morgan fingerprint density at radius 1 is 1.06 bits per heavy atom. The fourth-order valence-electron chi connectivity index (χ4n) is 9.89. The van der Waals surface area contributed by atoms with Crippen LogP contribution in [0.25, 0.3) is 0 Å². The van der Waals surface area contributed by atoms with Crippen molar-refractivity contribution in [1.82, 2.24) is 0 Å². The van der Waals surface area contributed by atoms with Gasteiger partial charge in [-0.1, -0.05) is 52.7 Å². The van der Waals surface area contributed by atoms with E-state index in [2.05, 4.69) is 41.5 Å². The Bertz CT molecular complexity index is 920. The SMILES string of the molecule is COC(C)(C)[C@H](O)[C@@H](O)C[C@@H](C)C1=C2CC(O)C3[C@@]4(C)CCC(=O)C(C)(C)C4CC[C@]3(C)[C@@]2(C)CC1. The van der Waals surface area contributed by atoms with Gasteiger partial charge < -0.3 is 20.1 Å². The maximum Gasteiger partial charge on any atom is 0.138 e. The van der Waals surface area contributed by atoms with Crippen LogP contribution >= 0.6 is 0 Å². The topological polar surface area (TPSA) is 87.0 Å². The molecular weight excluding hydrogens is 452 g/mol. The van der Waals surface area contributed by atoms with Gasteiger partial charge >= 0.3 is 0 Å². The van der Waals surface area contributed by atoms with E-state index in [1.165, 1.54) is 11.1 Å². The molecule has 0 spiro atoms. The minimum absolute atomic E-state index is 0.00936. The largest absolute Gasteiger partial charge is 0.392 e. The van der Waals surface area contributed by atoms with E-state index in [9.17, 15) is 20.1 Å². The van der Waals surface area contributed by atoms with E-state index in [1.54, 1.807) is 21.0 Å². The molecule has 0 aromatic carbocycles. The van der Waals surface area contributed by atoms with Crippen molar-refractivity contribution in [2.45, 2.75) is 131 Å². The van der Waals surface area contributed by atoms with Crippen LogP contribution in [0, 0.1) is 39.4 Å². The van der Waals surface area contributed by atoms with Crippen molar-refractivity contribution in [1.29, 1.82) is 0 Å². The lowest BCUT2D eigenvalue weighted by Gasteiger charge is -2.69. The van der Waals surface area contributed by atoms with E-state index < -0.39 is 23.9 Å². The number of allylic oxidation sites excluding steroid dienone is 1. The quantitative estimate of drug-likeness (QED) is 0.419. The van der Waals surface area contributed by atoms with Crippen LogP contribution in [0.2, 0.25) is 0 Å². The van der Waals surface area contributed by atoms with Crippen LogP contribution in [-0.2, 0) is 9.53 Å². The van der Waals surface area contributed by atoms with Gasteiger partial charge in [-0.2, -0.15) is 0 Å². The zero-order valence-electron chi connectivity index (χ0n) is 24.3. The third-order valence-corrected chi connectivity index (χ3v) is 12.4. The summed E-state index contributed by atoms with van der Waals surface area (Å²) in [7, 11) is 1.56. The summed E-state index contributed by atoms with van der Waals surface area (Å²) in [6.45, 7) is 17.3. The van der Waals surface area contributed by atoms with E-state index in [0.717, 1.165) is 32.1 Å². The predicted molar refractivity (Wildman–Crippen MR) is 142 cm³/mol. The number of Topliss-reactive ketones (excluding diaryl/α,β-unsaturated/α-hetero) is 1. The number of hydrogen-bond acceptors (Lipinski definition) is 5. The first-order valence-electron chi connectivity index (χ1n) is 14.3. The lowest BCUT2D eigenvalue weighted by atomic mass is 9.36. The highest BCUT2D eigenvalue weighted by Gasteiger charge is 2.69. The fraction of sp³-hybridized carbons (Fsp3) is 0.903. The molecule has 4 aliphatic carbocycles. The zero-order valence-corrected chi connectivity index (χ0v) is 24.3. The van der Waals surface area contributed by atoms with Gasteiger partial charge in [0.25, 0.3) is 0 Å². The second-order valence-electron chi connectivity index (χ2n) is 14.7. The van der Waals surface area contributed by atoms with Crippen molar-refractivity contribution in [2.24, 2.45) is 39.4 Å². The lowest BCUT2D eigenvalue weighted by molar-refractivity contribution is -0.208. The lowest BCUT2D eigenvalue weighted by Crippen LogP contribution is -2.65. The second kappa shape index (κ2) is 8.89. The molecule has 0 saturated heterocycles. The van der Waals surface area contributed by atoms with Gasteiger partial charge in [-0.25, -0.2) is 0 Å². The molecule has 0 aliphatic heterocycles. The summed E-state index contributed by atoms with van der Waals surface area (Å²) in [5, 5.41) is 33.4. The van der Waals surface area contributed by atoms with Crippen LogP contribution < -0.4 is 0 Å². The van der Waals surface area contributed by atoms with Gasteiger partial charge in [0.05, 0.1) is 17.8 Å². The maximum absolute atomic E-state index is 12.9. The molecule has 206 valence electrons. The number of ether oxygens (including phenoxy) is 1. The first-order valence-corrected chi connectivity index (χ1v) is 14.3. The highest BCUT2D eigenvalue weighted by Crippen LogP contribution is 2.74. The molecule has 3 N–H and O–H groups in total. The van der Waals surface area contributed by atoms with E-state index in [0.29, 0.717) is 31.0 Å². The van der Waals surface area contributed by atoms with E-state index in [1.807, 2.05) is 0 Å². The molecule has 0 aromatic heterocycles. The van der Waals surface area contributed by atoms with Gasteiger partial charge in [-0.15, -0.1) is 0 Å². The maximum atomic E-state index is 12.9. The van der Waals surface area contributed by atoms with Crippen LogP contribution in [-0.4, -0.2) is 52.1 Å². The summed E-state index contributed by atoms with van der Waals surface area (Å²) in [6, 6.07) is 0. The number of hydrogen-bond donors (Lipinski definition) is 3. The molecule has 5 heteroatoms. The highest BCUT2D eigenvalue weighted by molar-refractivity contribution is 5.85. The minimum Gasteiger partial charge on any atom is -0.392 e. The van der Waals surface area contributed by atoms with Crippen molar-refractivity contribution >= 4 is 5.78 Å². The molecule has 3 unspecified atom stereocenters. The Morgan fingerprint density at radius 2 is 1.69 bits per heavy atom. The van der Waals surface area contributed by atoms with Crippen molar-refractivity contribution in [3.63, 3.8) is 0 Å². The predicted octanol–water partition coefficient (Wildman–Crippen LogP) is 5.45. The first kappa shape index (κ1) is 28.3. The van der Waals surface area contributed by atoms with Crippen LogP contribution in [0.5, 0.6) is 0 Å². The molecule has 0 bridgehead atoms. The normalized spacial score (nSPS) is 42.9. The van der Waals surface area contributed by atoms with Crippen molar-refractivity contribution in [3.05, 3.63) is 11.1 Å². The third kappa shape index (κ3) is 3.81. The Morgan fingerprint density at radius 3 is 2.31 bits per heavy atom. The smallest absolute Gasteiger partial charge is 0.138 e. The number of ketones is 1. The number of fused-ring (bicyclic) bond motifs is 5. The Labute approximate surface area is 219 Å². The average molecular weight is 505 g/mol. The van der Waals surface area contributed by atoms with Crippen molar-refractivity contribution in [3.8, 4) is 0 Å². The van der Waals surface area contributed by atoms with Gasteiger partial charge in [0.1, 0.15) is 11.9 Å². The number of carbonyl (C=O) groups excluding carboxylic acids is 1. The summed E-state index contributed by atoms with van der Waals surface area (Å²) in [5.41, 5.74) is 1.58. The molecular formula is C31H52O5. The molecule has 5 nitrogen and oxygen atoms in total. The first-order chi connectivity index (χ1) is 16.5. The minimum atomic E-state index is -0.963. The summed E-state index contributed by atoms with van der Waals surface area (Å²) in [6.07, 6.45) is 4.57.